The molecule has 0 spiro atoms. The molecular weight excluding hydrogens is 290 g/mol. The van der Waals surface area contributed by atoms with E-state index in [0.29, 0.717) is 18.9 Å². The minimum atomic E-state index is 0.0914. The average molecular weight is 315 g/mol. The number of likely N-dealkylation sites (tertiary alicyclic amines) is 1. The maximum absolute atomic E-state index is 12.0. The monoisotopic (exact) mass is 315 g/mol. The first-order valence-electron chi connectivity index (χ1n) is 8.46. The van der Waals surface area contributed by atoms with Crippen LogP contribution in [0.4, 0.5) is 0 Å². The smallest absolute Gasteiger partial charge is 0.221 e. The summed E-state index contributed by atoms with van der Waals surface area (Å²) in [6.45, 7) is 3.70. The predicted octanol–water partition coefficient (Wildman–Crippen LogP) is 1.67. The fraction of sp³-hybridized carbons (Fsp3) is 0.588. The summed E-state index contributed by atoms with van der Waals surface area (Å²) in [6, 6.07) is 7.81. The van der Waals surface area contributed by atoms with Crippen LogP contribution in [0.15, 0.2) is 24.3 Å². The third-order valence-corrected chi connectivity index (χ3v) is 4.57. The van der Waals surface area contributed by atoms with E-state index in [1.165, 1.54) is 19.4 Å². The molecule has 23 heavy (non-hydrogen) atoms. The Balaban J connectivity index is 1.39. The van der Waals surface area contributed by atoms with Gasteiger partial charge in [-0.2, -0.15) is 0 Å². The van der Waals surface area contributed by atoms with Gasteiger partial charge in [-0.25, -0.2) is 4.68 Å². The second-order valence-corrected chi connectivity index (χ2v) is 6.46. The number of nitrogens with one attached hydrogen (secondary N) is 1. The molecule has 1 N–H and O–H groups in total. The molecule has 2 heterocycles. The van der Waals surface area contributed by atoms with Crippen LogP contribution in [-0.4, -0.2) is 52.5 Å². The molecule has 1 fully saturated rings. The van der Waals surface area contributed by atoms with E-state index in [0.717, 1.165) is 30.5 Å². The van der Waals surface area contributed by atoms with E-state index in [1.807, 2.05) is 24.3 Å². The van der Waals surface area contributed by atoms with Crippen molar-refractivity contribution in [1.29, 1.82) is 0 Å². The molecule has 0 aliphatic carbocycles. The standard InChI is InChI=1S/C17H25N5O/c1-21-11-4-5-14(13-21)8-10-18-17(23)9-12-22-16-7-3-2-6-15(16)19-20-22/h2-3,6-7,14H,4-5,8-13H2,1H3,(H,18,23)/t14-/m1/s1. The van der Waals surface area contributed by atoms with Gasteiger partial charge in [0.25, 0.3) is 0 Å². The third-order valence-electron chi connectivity index (χ3n) is 4.57. The Morgan fingerprint density at radius 1 is 1.39 bits per heavy atom. The minimum absolute atomic E-state index is 0.0914. The summed E-state index contributed by atoms with van der Waals surface area (Å²) in [5.74, 6) is 0.807. The zero-order chi connectivity index (χ0) is 16.1. The van der Waals surface area contributed by atoms with Crippen molar-refractivity contribution < 1.29 is 4.79 Å². The van der Waals surface area contributed by atoms with Crippen LogP contribution in [0, 0.1) is 5.92 Å². The first-order chi connectivity index (χ1) is 11.2. The minimum Gasteiger partial charge on any atom is -0.356 e. The number of fused-ring (bicyclic) bond motifs is 1. The first-order valence-corrected chi connectivity index (χ1v) is 8.46. The lowest BCUT2D eigenvalue weighted by Crippen LogP contribution is -2.34. The van der Waals surface area contributed by atoms with Gasteiger partial charge in [0.15, 0.2) is 0 Å². The van der Waals surface area contributed by atoms with E-state index in [9.17, 15) is 4.79 Å². The zero-order valence-electron chi connectivity index (χ0n) is 13.7. The van der Waals surface area contributed by atoms with E-state index in [-0.39, 0.29) is 5.91 Å². The van der Waals surface area contributed by atoms with Gasteiger partial charge in [0, 0.05) is 19.5 Å². The van der Waals surface area contributed by atoms with Crippen molar-refractivity contribution in [3.05, 3.63) is 24.3 Å². The second kappa shape index (κ2) is 7.55. The molecule has 0 bridgehead atoms. The summed E-state index contributed by atoms with van der Waals surface area (Å²) >= 11 is 0. The summed E-state index contributed by atoms with van der Waals surface area (Å²) < 4.78 is 1.80. The van der Waals surface area contributed by atoms with Crippen molar-refractivity contribution in [3.8, 4) is 0 Å². The van der Waals surface area contributed by atoms with Crippen LogP contribution in [0.2, 0.25) is 0 Å². The fourth-order valence-corrected chi connectivity index (χ4v) is 3.30. The molecule has 1 aromatic carbocycles. The Bertz CT molecular complexity index is 653. The number of rotatable bonds is 6. The second-order valence-electron chi connectivity index (χ2n) is 6.46. The Morgan fingerprint density at radius 2 is 2.26 bits per heavy atom. The summed E-state index contributed by atoms with van der Waals surface area (Å²) in [5, 5.41) is 11.3. The average Bonchev–Trinajstić information content (AvgIpc) is 2.96. The summed E-state index contributed by atoms with van der Waals surface area (Å²) in [6.07, 6.45) is 4.07. The maximum Gasteiger partial charge on any atom is 0.221 e. The van der Waals surface area contributed by atoms with E-state index in [1.54, 1.807) is 4.68 Å². The van der Waals surface area contributed by atoms with Gasteiger partial charge in [-0.1, -0.05) is 17.3 Å². The summed E-state index contributed by atoms with van der Waals surface area (Å²) in [4.78, 5) is 14.4. The van der Waals surface area contributed by atoms with Crippen molar-refractivity contribution in [2.45, 2.75) is 32.2 Å². The van der Waals surface area contributed by atoms with Crippen molar-refractivity contribution in [2.24, 2.45) is 5.92 Å². The maximum atomic E-state index is 12.0. The lowest BCUT2D eigenvalue weighted by atomic mass is 9.95. The van der Waals surface area contributed by atoms with Crippen LogP contribution >= 0.6 is 0 Å². The van der Waals surface area contributed by atoms with E-state index < -0.39 is 0 Å². The molecule has 6 heteroatoms. The molecule has 3 rings (SSSR count). The largest absolute Gasteiger partial charge is 0.356 e. The van der Waals surface area contributed by atoms with Gasteiger partial charge in [-0.15, -0.1) is 5.10 Å². The highest BCUT2D eigenvalue weighted by molar-refractivity contribution is 5.76. The van der Waals surface area contributed by atoms with Gasteiger partial charge in [0.05, 0.1) is 12.1 Å². The van der Waals surface area contributed by atoms with Gasteiger partial charge in [0.1, 0.15) is 5.52 Å². The number of aromatic nitrogens is 3. The normalized spacial score (nSPS) is 19.1. The molecule has 6 nitrogen and oxygen atoms in total. The van der Waals surface area contributed by atoms with Crippen LogP contribution in [0.5, 0.6) is 0 Å². The number of hydrogen-bond acceptors (Lipinski definition) is 4. The third kappa shape index (κ3) is 4.28. The Labute approximate surface area is 136 Å². The molecule has 2 aromatic rings. The molecule has 1 aliphatic heterocycles. The van der Waals surface area contributed by atoms with Crippen LogP contribution in [0.1, 0.15) is 25.7 Å². The lowest BCUT2D eigenvalue weighted by Gasteiger charge is -2.29. The summed E-state index contributed by atoms with van der Waals surface area (Å²) in [5.41, 5.74) is 1.85. The number of para-hydroxylation sites is 1. The Morgan fingerprint density at radius 3 is 3.13 bits per heavy atom. The van der Waals surface area contributed by atoms with Gasteiger partial charge < -0.3 is 10.2 Å². The van der Waals surface area contributed by atoms with Gasteiger partial charge in [-0.3, -0.25) is 4.79 Å². The molecule has 0 saturated carbocycles. The molecule has 0 unspecified atom stereocenters. The highest BCUT2D eigenvalue weighted by Gasteiger charge is 2.16. The number of piperidine rings is 1. The van der Waals surface area contributed by atoms with Gasteiger partial charge >= 0.3 is 0 Å². The number of carbonyl (C=O) groups excluding carboxylic acids is 1. The van der Waals surface area contributed by atoms with E-state index >= 15 is 0 Å². The molecule has 1 amide bonds. The number of hydrogen-bond donors (Lipinski definition) is 1. The van der Waals surface area contributed by atoms with Crippen molar-refractivity contribution >= 4 is 16.9 Å². The van der Waals surface area contributed by atoms with Crippen molar-refractivity contribution in [3.63, 3.8) is 0 Å². The lowest BCUT2D eigenvalue weighted by molar-refractivity contribution is -0.121. The number of nitrogens with zero attached hydrogens (tertiary/aromatic N) is 4. The number of benzene rings is 1. The molecule has 124 valence electrons. The summed E-state index contributed by atoms with van der Waals surface area (Å²) in [7, 11) is 2.17. The number of aryl methyl sites for hydroxylation is 1. The topological polar surface area (TPSA) is 63.1 Å². The van der Waals surface area contributed by atoms with Gasteiger partial charge in [-0.05, 0) is 50.9 Å². The predicted molar refractivity (Wildman–Crippen MR) is 90.0 cm³/mol. The van der Waals surface area contributed by atoms with Crippen LogP contribution in [-0.2, 0) is 11.3 Å². The zero-order valence-corrected chi connectivity index (χ0v) is 13.7. The highest BCUT2D eigenvalue weighted by atomic mass is 16.1. The van der Waals surface area contributed by atoms with Crippen LogP contribution in [0.25, 0.3) is 11.0 Å². The van der Waals surface area contributed by atoms with E-state index in [4.69, 9.17) is 0 Å². The van der Waals surface area contributed by atoms with Gasteiger partial charge in [0.2, 0.25) is 5.91 Å². The van der Waals surface area contributed by atoms with Crippen molar-refractivity contribution in [1.82, 2.24) is 25.2 Å². The molecule has 0 radical (unpaired) electrons. The SMILES string of the molecule is CN1CCC[C@H](CCNC(=O)CCn2nnc3ccccc32)C1. The van der Waals surface area contributed by atoms with E-state index in [2.05, 4.69) is 27.6 Å². The number of carbonyl (C=O) groups is 1. The Hall–Kier alpha value is -1.95. The van der Waals surface area contributed by atoms with Crippen LogP contribution < -0.4 is 5.32 Å². The molecule has 1 atom stereocenters. The van der Waals surface area contributed by atoms with Crippen molar-refractivity contribution in [2.75, 3.05) is 26.7 Å². The molecular formula is C17H25N5O. The fourth-order valence-electron chi connectivity index (χ4n) is 3.30. The number of amides is 1. The molecule has 1 saturated heterocycles. The highest BCUT2D eigenvalue weighted by Crippen LogP contribution is 2.17. The van der Waals surface area contributed by atoms with Crippen LogP contribution in [0.3, 0.4) is 0 Å². The Kier molecular flexibility index (Phi) is 5.23. The molecule has 1 aliphatic rings. The first kappa shape index (κ1) is 15.9. The quantitative estimate of drug-likeness (QED) is 0.881. The molecule has 1 aromatic heterocycles.